The molecule has 0 aromatic heterocycles. The van der Waals surface area contributed by atoms with Crippen molar-refractivity contribution >= 4 is 0 Å². The molecule has 132 valence electrons. The Morgan fingerprint density at radius 3 is 2.12 bits per heavy atom. The molecule has 24 heavy (non-hydrogen) atoms. The van der Waals surface area contributed by atoms with Gasteiger partial charge < -0.3 is 9.47 Å². The summed E-state index contributed by atoms with van der Waals surface area (Å²) in [5.41, 5.74) is 1.35. The van der Waals surface area contributed by atoms with E-state index in [1.165, 1.54) is 5.56 Å². The van der Waals surface area contributed by atoms with Crippen molar-refractivity contribution in [3.05, 3.63) is 53.8 Å². The molecule has 1 aromatic rings. The molecule has 0 saturated heterocycles. The van der Waals surface area contributed by atoms with Crippen LogP contribution in [0.2, 0.25) is 0 Å². The Labute approximate surface area is 147 Å². The molecule has 0 saturated carbocycles. The number of ether oxygens (including phenoxy) is 2. The van der Waals surface area contributed by atoms with Gasteiger partial charge >= 0.3 is 0 Å². The van der Waals surface area contributed by atoms with E-state index in [0.717, 1.165) is 30.8 Å². The minimum atomic E-state index is -0.0610. The van der Waals surface area contributed by atoms with E-state index < -0.39 is 0 Å². The summed E-state index contributed by atoms with van der Waals surface area (Å²) >= 11 is 0. The van der Waals surface area contributed by atoms with E-state index in [1.54, 1.807) is 7.11 Å². The van der Waals surface area contributed by atoms with Crippen LogP contribution >= 0.6 is 0 Å². The van der Waals surface area contributed by atoms with Crippen molar-refractivity contribution in [2.75, 3.05) is 7.11 Å². The van der Waals surface area contributed by atoms with Crippen LogP contribution in [0, 0.1) is 5.92 Å². The van der Waals surface area contributed by atoms with Gasteiger partial charge in [-0.3, -0.25) is 0 Å². The Hall–Kier alpha value is -1.70. The molecule has 2 nitrogen and oxygen atoms in total. The molecule has 0 radical (unpaired) electrons. The number of hydrogen-bond acceptors (Lipinski definition) is 2. The third-order valence-electron chi connectivity index (χ3n) is 5.69. The van der Waals surface area contributed by atoms with E-state index in [1.807, 2.05) is 12.1 Å². The highest BCUT2D eigenvalue weighted by atomic mass is 16.5. The van der Waals surface area contributed by atoms with Gasteiger partial charge in [-0.05, 0) is 67.4 Å². The molecule has 1 unspecified atom stereocenters. The summed E-state index contributed by atoms with van der Waals surface area (Å²) in [5, 5.41) is 0. The SMILES string of the molecule is CCC(C)(CC)OC1=CCC(C(C)(C)c2ccc(OC)cc2)C=C1. The van der Waals surface area contributed by atoms with Crippen LogP contribution in [0.4, 0.5) is 0 Å². The first kappa shape index (κ1) is 18.6. The average Bonchev–Trinajstić information content (AvgIpc) is 2.62. The van der Waals surface area contributed by atoms with E-state index in [-0.39, 0.29) is 11.0 Å². The van der Waals surface area contributed by atoms with Crippen LogP contribution in [0.5, 0.6) is 5.75 Å². The van der Waals surface area contributed by atoms with Crippen molar-refractivity contribution in [3.63, 3.8) is 0 Å². The molecule has 0 N–H and O–H groups in total. The minimum Gasteiger partial charge on any atom is -0.497 e. The molecule has 1 aliphatic rings. The second-order valence-electron chi connectivity index (χ2n) is 7.52. The predicted molar refractivity (Wildman–Crippen MR) is 101 cm³/mol. The monoisotopic (exact) mass is 328 g/mol. The van der Waals surface area contributed by atoms with Gasteiger partial charge in [0.2, 0.25) is 0 Å². The van der Waals surface area contributed by atoms with Gasteiger partial charge in [0, 0.05) is 0 Å². The highest BCUT2D eigenvalue weighted by molar-refractivity contribution is 5.34. The van der Waals surface area contributed by atoms with Crippen molar-refractivity contribution < 1.29 is 9.47 Å². The third-order valence-corrected chi connectivity index (χ3v) is 5.69. The Balaban J connectivity index is 2.08. The number of hydrogen-bond donors (Lipinski definition) is 0. The van der Waals surface area contributed by atoms with E-state index in [2.05, 4.69) is 65.0 Å². The van der Waals surface area contributed by atoms with Crippen molar-refractivity contribution in [1.82, 2.24) is 0 Å². The fraction of sp³-hybridized carbons (Fsp3) is 0.545. The standard InChI is InChI=1S/C22H32O2/c1-7-22(5,8-2)24-20-15-11-18(12-16-20)21(3,4)17-9-13-19(23-6)14-10-17/h9-11,13-16,18H,7-8,12H2,1-6H3. The van der Waals surface area contributed by atoms with Gasteiger partial charge in [0.05, 0.1) is 7.11 Å². The molecule has 0 aliphatic heterocycles. The molecule has 1 aliphatic carbocycles. The Bertz CT molecular complexity index is 589. The van der Waals surface area contributed by atoms with Crippen LogP contribution in [0.1, 0.15) is 59.4 Å². The normalized spacial score (nSPS) is 18.2. The van der Waals surface area contributed by atoms with E-state index in [9.17, 15) is 0 Å². The minimum absolute atomic E-state index is 0.0610. The van der Waals surface area contributed by atoms with Crippen molar-refractivity contribution in [3.8, 4) is 5.75 Å². The first-order valence-corrected chi connectivity index (χ1v) is 9.06. The molecule has 1 aromatic carbocycles. The lowest BCUT2D eigenvalue weighted by Gasteiger charge is -2.35. The second kappa shape index (κ2) is 7.46. The first-order valence-electron chi connectivity index (χ1n) is 9.06. The maximum absolute atomic E-state index is 6.23. The van der Waals surface area contributed by atoms with Gasteiger partial charge in [0.25, 0.3) is 0 Å². The topological polar surface area (TPSA) is 18.5 Å². The second-order valence-corrected chi connectivity index (χ2v) is 7.52. The first-order chi connectivity index (χ1) is 11.3. The summed E-state index contributed by atoms with van der Waals surface area (Å²) in [6.45, 7) is 11.2. The molecule has 1 atom stereocenters. The fourth-order valence-corrected chi connectivity index (χ4v) is 3.13. The van der Waals surface area contributed by atoms with E-state index in [0.29, 0.717) is 5.92 Å². The van der Waals surface area contributed by atoms with Crippen LogP contribution in [0.15, 0.2) is 48.3 Å². The van der Waals surface area contributed by atoms with Gasteiger partial charge in [-0.25, -0.2) is 0 Å². The molecule has 0 spiro atoms. The maximum Gasteiger partial charge on any atom is 0.118 e. The molecule has 2 rings (SSSR count). The van der Waals surface area contributed by atoms with Crippen LogP contribution < -0.4 is 4.74 Å². The zero-order valence-corrected chi connectivity index (χ0v) is 16.1. The highest BCUT2D eigenvalue weighted by Gasteiger charge is 2.31. The molecule has 0 fully saturated rings. The van der Waals surface area contributed by atoms with Crippen LogP contribution in [-0.4, -0.2) is 12.7 Å². The zero-order valence-electron chi connectivity index (χ0n) is 16.1. The molecular formula is C22H32O2. The van der Waals surface area contributed by atoms with Crippen LogP contribution in [0.3, 0.4) is 0 Å². The molecular weight excluding hydrogens is 296 g/mol. The fourth-order valence-electron chi connectivity index (χ4n) is 3.13. The van der Waals surface area contributed by atoms with Gasteiger partial charge in [-0.1, -0.05) is 45.9 Å². The highest BCUT2D eigenvalue weighted by Crippen LogP contribution is 2.38. The number of methoxy groups -OCH3 is 1. The summed E-state index contributed by atoms with van der Waals surface area (Å²) in [6, 6.07) is 8.44. The molecule has 0 heterocycles. The third kappa shape index (κ3) is 4.03. The number of benzene rings is 1. The maximum atomic E-state index is 6.23. The number of rotatable bonds is 7. The Morgan fingerprint density at radius 2 is 1.67 bits per heavy atom. The van der Waals surface area contributed by atoms with Crippen LogP contribution in [0.25, 0.3) is 0 Å². The van der Waals surface area contributed by atoms with Gasteiger partial charge in [0.15, 0.2) is 0 Å². The summed E-state index contributed by atoms with van der Waals surface area (Å²) in [5.74, 6) is 2.39. The van der Waals surface area contributed by atoms with Crippen molar-refractivity contribution in [2.45, 2.75) is 64.9 Å². The zero-order chi connectivity index (χ0) is 17.8. The summed E-state index contributed by atoms with van der Waals surface area (Å²) < 4.78 is 11.5. The lowest BCUT2D eigenvalue weighted by molar-refractivity contribution is 0.0165. The van der Waals surface area contributed by atoms with E-state index in [4.69, 9.17) is 9.47 Å². The molecule has 2 heteroatoms. The summed E-state index contributed by atoms with van der Waals surface area (Å²) in [4.78, 5) is 0. The molecule has 0 bridgehead atoms. The average molecular weight is 328 g/mol. The lowest BCUT2D eigenvalue weighted by Crippen LogP contribution is -2.30. The number of allylic oxidation sites excluding steroid dienone is 3. The van der Waals surface area contributed by atoms with Crippen molar-refractivity contribution in [1.29, 1.82) is 0 Å². The summed E-state index contributed by atoms with van der Waals surface area (Å²) in [7, 11) is 1.71. The van der Waals surface area contributed by atoms with Crippen molar-refractivity contribution in [2.24, 2.45) is 5.92 Å². The smallest absolute Gasteiger partial charge is 0.118 e. The Kier molecular flexibility index (Phi) is 5.79. The largest absolute Gasteiger partial charge is 0.497 e. The summed E-state index contributed by atoms with van der Waals surface area (Å²) in [6.07, 6.45) is 9.77. The Morgan fingerprint density at radius 1 is 1.04 bits per heavy atom. The van der Waals surface area contributed by atoms with Gasteiger partial charge in [0.1, 0.15) is 17.1 Å². The van der Waals surface area contributed by atoms with Gasteiger partial charge in [-0.2, -0.15) is 0 Å². The lowest BCUT2D eigenvalue weighted by atomic mass is 9.71. The predicted octanol–water partition coefficient (Wildman–Crippen LogP) is 6.03. The van der Waals surface area contributed by atoms with Crippen LogP contribution in [-0.2, 0) is 10.2 Å². The quantitative estimate of drug-likeness (QED) is 0.608. The molecule has 0 amide bonds. The van der Waals surface area contributed by atoms with E-state index >= 15 is 0 Å². The van der Waals surface area contributed by atoms with Gasteiger partial charge in [-0.15, -0.1) is 0 Å².